The van der Waals surface area contributed by atoms with E-state index in [4.69, 9.17) is 5.73 Å². The molecule has 5 rings (SSSR count). The number of hydrogen-bond acceptors (Lipinski definition) is 4. The smallest absolute Gasteiger partial charge is 0.229 e. The molecule has 0 aliphatic heterocycles. The first-order valence-electron chi connectivity index (χ1n) is 10.5. The molecule has 31 heavy (non-hydrogen) atoms. The molecule has 2 aromatic carbocycles. The Bertz CT molecular complexity index is 1310. The first-order valence-corrected chi connectivity index (χ1v) is 10.5. The number of carbonyl (C=O) groups is 1. The minimum atomic E-state index is -0.0648. The van der Waals surface area contributed by atoms with Crippen LogP contribution in [0.5, 0.6) is 0 Å². The summed E-state index contributed by atoms with van der Waals surface area (Å²) in [4.78, 5) is 17.3. The summed E-state index contributed by atoms with van der Waals surface area (Å²) in [5.41, 5.74) is 11.5. The molecule has 0 spiro atoms. The molecule has 6 heteroatoms. The Kier molecular flexibility index (Phi) is 4.50. The molecule has 2 heterocycles. The lowest BCUT2D eigenvalue weighted by molar-refractivity contribution is -0.117. The summed E-state index contributed by atoms with van der Waals surface area (Å²) in [7, 11) is 1.89. The van der Waals surface area contributed by atoms with Crippen LogP contribution in [-0.4, -0.2) is 20.7 Å². The van der Waals surface area contributed by atoms with Gasteiger partial charge in [-0.1, -0.05) is 31.2 Å². The first-order chi connectivity index (χ1) is 14.9. The molecule has 4 aromatic rings. The number of nitrogens with zero attached hydrogens (tertiary/aromatic N) is 3. The van der Waals surface area contributed by atoms with E-state index in [0.29, 0.717) is 11.5 Å². The second kappa shape index (κ2) is 7.23. The van der Waals surface area contributed by atoms with E-state index in [1.54, 1.807) is 10.9 Å². The van der Waals surface area contributed by atoms with Crippen LogP contribution < -0.4 is 11.1 Å². The van der Waals surface area contributed by atoms with Gasteiger partial charge in [0.2, 0.25) is 5.91 Å². The van der Waals surface area contributed by atoms with Crippen LogP contribution in [0.25, 0.3) is 21.9 Å². The van der Waals surface area contributed by atoms with E-state index in [1.807, 2.05) is 43.7 Å². The lowest BCUT2D eigenvalue weighted by Gasteiger charge is -2.11. The molecule has 1 amide bonds. The fraction of sp³-hybridized carbons (Fsp3) is 0.240. The molecular formula is C25H25N5O. The largest absolute Gasteiger partial charge is 0.398 e. The van der Waals surface area contributed by atoms with Crippen LogP contribution in [0.15, 0.2) is 61.1 Å². The maximum atomic E-state index is 12.9. The average Bonchev–Trinajstić information content (AvgIpc) is 3.22. The van der Waals surface area contributed by atoms with Gasteiger partial charge in [0.1, 0.15) is 5.82 Å². The molecule has 1 aliphatic rings. The van der Waals surface area contributed by atoms with Gasteiger partial charge in [-0.3, -0.25) is 9.48 Å². The Balaban J connectivity index is 1.42. The lowest BCUT2D eigenvalue weighted by atomic mass is 9.97. The van der Waals surface area contributed by atoms with Crippen LogP contribution >= 0.6 is 0 Å². The maximum absolute atomic E-state index is 12.9. The molecular weight excluding hydrogens is 386 g/mol. The van der Waals surface area contributed by atoms with E-state index in [2.05, 4.69) is 47.4 Å². The van der Waals surface area contributed by atoms with Crippen molar-refractivity contribution in [2.24, 2.45) is 18.9 Å². The van der Waals surface area contributed by atoms with Crippen LogP contribution in [0.2, 0.25) is 0 Å². The Morgan fingerprint density at radius 1 is 1.16 bits per heavy atom. The Morgan fingerprint density at radius 3 is 2.71 bits per heavy atom. The number of nitrogen functional groups attached to an aromatic ring is 1. The summed E-state index contributed by atoms with van der Waals surface area (Å²) in [6.45, 7) is 4.19. The van der Waals surface area contributed by atoms with Crippen molar-refractivity contribution in [1.29, 1.82) is 0 Å². The molecule has 1 aliphatic carbocycles. The van der Waals surface area contributed by atoms with Crippen molar-refractivity contribution in [3.05, 3.63) is 72.2 Å². The summed E-state index contributed by atoms with van der Waals surface area (Å²) in [6, 6.07) is 14.2. The fourth-order valence-electron chi connectivity index (χ4n) is 4.60. The monoisotopic (exact) mass is 411 g/mol. The molecule has 6 nitrogen and oxygen atoms in total. The molecule has 2 aromatic heterocycles. The third kappa shape index (κ3) is 3.44. The van der Waals surface area contributed by atoms with Crippen molar-refractivity contribution in [3.63, 3.8) is 0 Å². The number of amides is 1. The number of hydrogen-bond donors (Lipinski definition) is 2. The molecule has 3 atom stereocenters. The van der Waals surface area contributed by atoms with Crippen LogP contribution in [0.3, 0.4) is 0 Å². The normalized spacial score (nSPS) is 20.0. The van der Waals surface area contributed by atoms with Gasteiger partial charge >= 0.3 is 0 Å². The van der Waals surface area contributed by atoms with E-state index < -0.39 is 0 Å². The van der Waals surface area contributed by atoms with Crippen LogP contribution in [0.1, 0.15) is 24.0 Å². The first kappa shape index (κ1) is 19.3. The van der Waals surface area contributed by atoms with Crippen LogP contribution in [0, 0.1) is 18.8 Å². The predicted octanol–water partition coefficient (Wildman–Crippen LogP) is 4.51. The maximum Gasteiger partial charge on any atom is 0.229 e. The van der Waals surface area contributed by atoms with E-state index in [0.717, 1.165) is 27.5 Å². The van der Waals surface area contributed by atoms with Gasteiger partial charge in [0.25, 0.3) is 0 Å². The minimum Gasteiger partial charge on any atom is -0.398 e. The number of nitrogens with two attached hydrogens (primary N) is 1. The average molecular weight is 412 g/mol. The molecule has 0 bridgehead atoms. The molecule has 1 fully saturated rings. The van der Waals surface area contributed by atoms with E-state index >= 15 is 0 Å². The highest BCUT2D eigenvalue weighted by atomic mass is 16.2. The summed E-state index contributed by atoms with van der Waals surface area (Å²) in [5.74, 6) is 0.967. The van der Waals surface area contributed by atoms with Gasteiger partial charge in [0, 0.05) is 42.4 Å². The van der Waals surface area contributed by atoms with E-state index in [1.165, 1.54) is 5.56 Å². The van der Waals surface area contributed by atoms with Gasteiger partial charge < -0.3 is 11.1 Å². The van der Waals surface area contributed by atoms with Crippen molar-refractivity contribution in [3.8, 4) is 11.1 Å². The topological polar surface area (TPSA) is 85.8 Å². The third-order valence-electron chi connectivity index (χ3n) is 6.37. The Labute approximate surface area is 181 Å². The van der Waals surface area contributed by atoms with Crippen molar-refractivity contribution in [2.45, 2.75) is 19.8 Å². The number of aryl methyl sites for hydroxylation is 2. The zero-order valence-corrected chi connectivity index (χ0v) is 17.8. The molecule has 0 radical (unpaired) electrons. The highest BCUT2D eigenvalue weighted by Crippen LogP contribution is 2.54. The van der Waals surface area contributed by atoms with Crippen molar-refractivity contribution < 1.29 is 4.79 Å². The molecule has 0 saturated heterocycles. The number of benzene rings is 2. The van der Waals surface area contributed by atoms with Gasteiger partial charge in [-0.2, -0.15) is 5.10 Å². The summed E-state index contributed by atoms with van der Waals surface area (Å²) in [5, 5.41) is 9.07. The predicted molar refractivity (Wildman–Crippen MR) is 124 cm³/mol. The fourth-order valence-corrected chi connectivity index (χ4v) is 4.60. The molecule has 0 unspecified atom stereocenters. The van der Waals surface area contributed by atoms with Gasteiger partial charge in [-0.05, 0) is 58.7 Å². The van der Waals surface area contributed by atoms with Gasteiger partial charge in [0.15, 0.2) is 0 Å². The zero-order chi connectivity index (χ0) is 21.7. The third-order valence-corrected chi connectivity index (χ3v) is 6.37. The number of carbonyl (C=O) groups excluding carboxylic acids is 1. The zero-order valence-electron chi connectivity index (χ0n) is 17.8. The summed E-state index contributed by atoms with van der Waals surface area (Å²) < 4.78 is 1.77. The summed E-state index contributed by atoms with van der Waals surface area (Å²) in [6.07, 6.45) is 5.56. The van der Waals surface area contributed by atoms with Crippen molar-refractivity contribution in [2.75, 3.05) is 11.1 Å². The highest BCUT2D eigenvalue weighted by molar-refractivity contribution is 6.00. The number of pyridine rings is 1. The number of nitrogens with one attached hydrogen (secondary N) is 1. The van der Waals surface area contributed by atoms with Crippen molar-refractivity contribution in [1.82, 2.24) is 14.8 Å². The number of aromatic nitrogens is 3. The Morgan fingerprint density at radius 2 is 1.97 bits per heavy atom. The van der Waals surface area contributed by atoms with Crippen LogP contribution in [-0.2, 0) is 11.8 Å². The molecule has 156 valence electrons. The lowest BCUT2D eigenvalue weighted by Crippen LogP contribution is -2.16. The molecule has 3 N–H and O–H groups in total. The second-order valence-electron chi connectivity index (χ2n) is 8.52. The number of fused-ring (bicyclic) bond motifs is 1. The number of rotatable bonds is 4. The van der Waals surface area contributed by atoms with E-state index in [9.17, 15) is 4.79 Å². The summed E-state index contributed by atoms with van der Waals surface area (Å²) >= 11 is 0. The van der Waals surface area contributed by atoms with Crippen molar-refractivity contribution >= 4 is 28.2 Å². The Hall–Kier alpha value is -3.67. The standard InChI is InChI=1S/C25H25N5O/c1-14-6-4-5-7-19(14)16-8-17-10-22(27-12-20(17)21(26)9-16)29-25(31)24-15(2)23(24)18-11-28-30(3)13-18/h4-13,15,23-24H,26H2,1-3H3,(H,27,29,31)/t15-,23-,24+/m0/s1. The minimum absolute atomic E-state index is 0.00349. The van der Waals surface area contributed by atoms with Gasteiger partial charge in [-0.15, -0.1) is 0 Å². The van der Waals surface area contributed by atoms with Crippen LogP contribution in [0.4, 0.5) is 11.5 Å². The number of anilines is 2. The van der Waals surface area contributed by atoms with Gasteiger partial charge in [0.05, 0.1) is 6.20 Å². The highest BCUT2D eigenvalue weighted by Gasteiger charge is 2.52. The van der Waals surface area contributed by atoms with Gasteiger partial charge in [-0.25, -0.2) is 4.98 Å². The van der Waals surface area contributed by atoms with E-state index in [-0.39, 0.29) is 23.7 Å². The molecule has 1 saturated carbocycles. The second-order valence-corrected chi connectivity index (χ2v) is 8.52. The SMILES string of the molecule is Cc1ccccc1-c1cc(N)c2cnc(NC(=O)[C@@H]3[C@@H](C)[C@H]3c3cnn(C)c3)cc2c1. The quantitative estimate of drug-likeness (QED) is 0.484.